The predicted octanol–water partition coefficient (Wildman–Crippen LogP) is 2.43. The fourth-order valence-corrected chi connectivity index (χ4v) is 1.60. The molecular weight excluding hydrogens is 198 g/mol. The molecule has 0 fully saturated rings. The molecule has 0 radical (unpaired) electrons. The van der Waals surface area contributed by atoms with E-state index in [1.165, 1.54) is 0 Å². The van der Waals surface area contributed by atoms with Gasteiger partial charge in [-0.25, -0.2) is 0 Å². The molecule has 0 aliphatic heterocycles. The zero-order valence-corrected chi connectivity index (χ0v) is 10.0. The molecule has 0 saturated heterocycles. The second-order valence-electron chi connectivity index (χ2n) is 4.55. The maximum Gasteiger partial charge on any atom is 0.0875 e. The van der Waals surface area contributed by atoms with Crippen LogP contribution < -0.4 is 5.73 Å². The predicted molar refractivity (Wildman–Crippen MR) is 68.9 cm³/mol. The van der Waals surface area contributed by atoms with E-state index < -0.39 is 6.10 Å². The third-order valence-electron chi connectivity index (χ3n) is 2.47. The van der Waals surface area contributed by atoms with Gasteiger partial charge in [-0.05, 0) is 17.9 Å². The highest BCUT2D eigenvalue weighted by Gasteiger charge is 2.12. The minimum Gasteiger partial charge on any atom is -0.387 e. The molecule has 1 aromatic carbocycles. The van der Waals surface area contributed by atoms with E-state index in [9.17, 15) is 5.11 Å². The highest BCUT2D eigenvalue weighted by molar-refractivity contribution is 5.49. The Morgan fingerprint density at radius 2 is 1.88 bits per heavy atom. The first kappa shape index (κ1) is 12.9. The molecule has 0 amide bonds. The average molecular weight is 219 g/mol. The lowest BCUT2D eigenvalue weighted by molar-refractivity contribution is 0.179. The van der Waals surface area contributed by atoms with Gasteiger partial charge in [0.2, 0.25) is 0 Å². The number of aliphatic hydroxyl groups excluding tert-OH is 1. The average Bonchev–Trinajstić information content (AvgIpc) is 2.26. The summed E-state index contributed by atoms with van der Waals surface area (Å²) in [4.78, 5) is 0. The van der Waals surface area contributed by atoms with Crippen LogP contribution in [0.5, 0.6) is 0 Å². The standard InChI is InChI=1S/C14H21NO/c1-11(2)10-13(15)14(16)9-8-12-6-4-3-5-7-12/h3-9,11,13-14,16H,10,15H2,1-2H3/b9-8+/t13-,14+/m0/s1. The van der Waals surface area contributed by atoms with Gasteiger partial charge in [0.25, 0.3) is 0 Å². The summed E-state index contributed by atoms with van der Waals surface area (Å²) in [6.45, 7) is 4.21. The summed E-state index contributed by atoms with van der Waals surface area (Å²) in [5, 5.41) is 9.82. The van der Waals surface area contributed by atoms with E-state index in [1.54, 1.807) is 6.08 Å². The van der Waals surface area contributed by atoms with Crippen molar-refractivity contribution in [3.05, 3.63) is 42.0 Å². The summed E-state index contributed by atoms with van der Waals surface area (Å²) in [6, 6.07) is 9.73. The van der Waals surface area contributed by atoms with Gasteiger partial charge < -0.3 is 10.8 Å². The zero-order chi connectivity index (χ0) is 12.0. The Morgan fingerprint density at radius 3 is 2.44 bits per heavy atom. The number of benzene rings is 1. The SMILES string of the molecule is CC(C)C[C@H](N)[C@H](O)/C=C/c1ccccc1. The third-order valence-corrected chi connectivity index (χ3v) is 2.47. The molecule has 0 heterocycles. The highest BCUT2D eigenvalue weighted by Crippen LogP contribution is 2.09. The first-order chi connectivity index (χ1) is 7.59. The van der Waals surface area contributed by atoms with Crippen LogP contribution in [0.2, 0.25) is 0 Å². The highest BCUT2D eigenvalue weighted by atomic mass is 16.3. The summed E-state index contributed by atoms with van der Waals surface area (Å²) >= 11 is 0. The normalized spacial score (nSPS) is 15.6. The second-order valence-corrected chi connectivity index (χ2v) is 4.55. The molecule has 2 heteroatoms. The minimum atomic E-state index is -0.567. The Morgan fingerprint density at radius 1 is 1.25 bits per heavy atom. The van der Waals surface area contributed by atoms with Gasteiger partial charge in [0.05, 0.1) is 6.10 Å². The van der Waals surface area contributed by atoms with Gasteiger partial charge >= 0.3 is 0 Å². The molecule has 88 valence electrons. The molecular formula is C14H21NO. The van der Waals surface area contributed by atoms with E-state index in [4.69, 9.17) is 5.73 Å². The Kier molecular flexibility index (Phi) is 5.23. The minimum absolute atomic E-state index is 0.181. The van der Waals surface area contributed by atoms with Crippen LogP contribution in [0.15, 0.2) is 36.4 Å². The fourth-order valence-electron chi connectivity index (χ4n) is 1.60. The number of hydrogen-bond donors (Lipinski definition) is 2. The van der Waals surface area contributed by atoms with Crippen LogP contribution in [0.4, 0.5) is 0 Å². The van der Waals surface area contributed by atoms with E-state index in [1.807, 2.05) is 36.4 Å². The smallest absolute Gasteiger partial charge is 0.0875 e. The van der Waals surface area contributed by atoms with Gasteiger partial charge in [0, 0.05) is 6.04 Å². The molecule has 0 unspecified atom stereocenters. The van der Waals surface area contributed by atoms with Crippen molar-refractivity contribution in [2.45, 2.75) is 32.4 Å². The Labute approximate surface area is 97.8 Å². The van der Waals surface area contributed by atoms with Crippen LogP contribution in [-0.2, 0) is 0 Å². The van der Waals surface area contributed by atoms with Crippen LogP contribution in [-0.4, -0.2) is 17.3 Å². The van der Waals surface area contributed by atoms with Crippen molar-refractivity contribution < 1.29 is 5.11 Å². The van der Waals surface area contributed by atoms with E-state index in [0.29, 0.717) is 5.92 Å². The molecule has 0 bridgehead atoms. The van der Waals surface area contributed by atoms with Gasteiger partial charge in [0.15, 0.2) is 0 Å². The quantitative estimate of drug-likeness (QED) is 0.799. The van der Waals surface area contributed by atoms with Crippen molar-refractivity contribution in [3.8, 4) is 0 Å². The molecule has 1 rings (SSSR count). The Balaban J connectivity index is 2.50. The Hall–Kier alpha value is -1.12. The summed E-state index contributed by atoms with van der Waals surface area (Å²) in [5.74, 6) is 0.509. The zero-order valence-electron chi connectivity index (χ0n) is 10.0. The summed E-state index contributed by atoms with van der Waals surface area (Å²) in [5.41, 5.74) is 6.96. The summed E-state index contributed by atoms with van der Waals surface area (Å²) < 4.78 is 0. The molecule has 0 aliphatic rings. The maximum atomic E-state index is 9.82. The number of aliphatic hydroxyl groups is 1. The van der Waals surface area contributed by atoms with Crippen LogP contribution in [0.25, 0.3) is 6.08 Å². The van der Waals surface area contributed by atoms with Crippen molar-refractivity contribution in [3.63, 3.8) is 0 Å². The first-order valence-electron chi connectivity index (χ1n) is 5.76. The molecule has 3 N–H and O–H groups in total. The first-order valence-corrected chi connectivity index (χ1v) is 5.76. The van der Waals surface area contributed by atoms with E-state index in [0.717, 1.165) is 12.0 Å². The van der Waals surface area contributed by atoms with Crippen molar-refractivity contribution in [2.24, 2.45) is 11.7 Å². The van der Waals surface area contributed by atoms with Crippen LogP contribution in [0.1, 0.15) is 25.8 Å². The monoisotopic (exact) mass is 219 g/mol. The largest absolute Gasteiger partial charge is 0.387 e. The number of rotatable bonds is 5. The lowest BCUT2D eigenvalue weighted by Crippen LogP contribution is -2.34. The summed E-state index contributed by atoms with van der Waals surface area (Å²) in [7, 11) is 0. The van der Waals surface area contributed by atoms with E-state index in [-0.39, 0.29) is 6.04 Å². The van der Waals surface area contributed by atoms with Crippen LogP contribution in [0.3, 0.4) is 0 Å². The molecule has 2 nitrogen and oxygen atoms in total. The van der Waals surface area contributed by atoms with Crippen molar-refractivity contribution in [2.75, 3.05) is 0 Å². The molecule has 0 aliphatic carbocycles. The van der Waals surface area contributed by atoms with Crippen molar-refractivity contribution in [1.29, 1.82) is 0 Å². The topological polar surface area (TPSA) is 46.2 Å². The lowest BCUT2D eigenvalue weighted by Gasteiger charge is -2.17. The van der Waals surface area contributed by atoms with Gasteiger partial charge in [-0.1, -0.05) is 56.3 Å². The van der Waals surface area contributed by atoms with E-state index in [2.05, 4.69) is 13.8 Å². The van der Waals surface area contributed by atoms with Gasteiger partial charge in [-0.2, -0.15) is 0 Å². The molecule has 16 heavy (non-hydrogen) atoms. The third kappa shape index (κ3) is 4.60. The van der Waals surface area contributed by atoms with Crippen LogP contribution in [0, 0.1) is 5.92 Å². The van der Waals surface area contributed by atoms with Crippen molar-refractivity contribution in [1.82, 2.24) is 0 Å². The molecule has 1 aromatic rings. The Bertz CT molecular complexity index is 319. The molecule has 0 spiro atoms. The van der Waals surface area contributed by atoms with Gasteiger partial charge in [-0.15, -0.1) is 0 Å². The van der Waals surface area contributed by atoms with Crippen LogP contribution >= 0.6 is 0 Å². The number of hydrogen-bond acceptors (Lipinski definition) is 2. The summed E-state index contributed by atoms with van der Waals surface area (Å²) in [6.07, 6.45) is 3.94. The van der Waals surface area contributed by atoms with E-state index >= 15 is 0 Å². The lowest BCUT2D eigenvalue weighted by atomic mass is 9.99. The number of nitrogens with two attached hydrogens (primary N) is 1. The maximum absolute atomic E-state index is 9.82. The van der Waals surface area contributed by atoms with Gasteiger partial charge in [0.1, 0.15) is 0 Å². The fraction of sp³-hybridized carbons (Fsp3) is 0.429. The van der Waals surface area contributed by atoms with Gasteiger partial charge in [-0.3, -0.25) is 0 Å². The van der Waals surface area contributed by atoms with Crippen molar-refractivity contribution >= 4 is 6.08 Å². The second kappa shape index (κ2) is 6.46. The molecule has 2 atom stereocenters. The molecule has 0 saturated carbocycles. The molecule has 0 aromatic heterocycles.